The van der Waals surface area contributed by atoms with Gasteiger partial charge in [0.1, 0.15) is 0 Å². The monoisotopic (exact) mass is 252 g/mol. The van der Waals surface area contributed by atoms with Crippen molar-refractivity contribution in [3.8, 4) is 0 Å². The third-order valence-electron chi connectivity index (χ3n) is 2.83. The number of methoxy groups -OCH3 is 1. The van der Waals surface area contributed by atoms with E-state index >= 15 is 0 Å². The van der Waals surface area contributed by atoms with E-state index in [4.69, 9.17) is 4.74 Å². The Kier molecular flexibility index (Phi) is 4.51. The highest BCUT2D eigenvalue weighted by Gasteiger charge is 2.10. The van der Waals surface area contributed by atoms with E-state index in [-0.39, 0.29) is 5.97 Å². The zero-order valence-electron chi connectivity index (χ0n) is 10.9. The minimum absolute atomic E-state index is 0.285. The van der Waals surface area contributed by atoms with E-state index < -0.39 is 0 Å². The van der Waals surface area contributed by atoms with Gasteiger partial charge >= 0.3 is 5.97 Å². The molecule has 0 radical (unpaired) electrons. The van der Waals surface area contributed by atoms with Crippen LogP contribution in [0, 0.1) is 0 Å². The lowest BCUT2D eigenvalue weighted by molar-refractivity contribution is -0.136. The topological polar surface area (TPSA) is 26.3 Å². The fourth-order valence-electron chi connectivity index (χ4n) is 1.88. The van der Waals surface area contributed by atoms with Gasteiger partial charge in [-0.25, -0.2) is 4.79 Å². The van der Waals surface area contributed by atoms with Crippen LogP contribution < -0.4 is 0 Å². The molecule has 96 valence electrons. The smallest absolute Gasteiger partial charge is 0.334 e. The molecule has 0 amide bonds. The number of hydrogen-bond acceptors (Lipinski definition) is 2. The van der Waals surface area contributed by atoms with E-state index in [1.165, 1.54) is 7.11 Å². The SMILES string of the molecule is COC(=O)/C(=C\c1ccccc1)Cc1ccccc1. The summed E-state index contributed by atoms with van der Waals surface area (Å²) in [7, 11) is 1.41. The maximum atomic E-state index is 11.8. The van der Waals surface area contributed by atoms with Crippen LogP contribution in [0.15, 0.2) is 66.2 Å². The third kappa shape index (κ3) is 3.81. The van der Waals surface area contributed by atoms with Crippen molar-refractivity contribution in [2.45, 2.75) is 6.42 Å². The summed E-state index contributed by atoms with van der Waals surface area (Å²) in [5.74, 6) is -0.285. The van der Waals surface area contributed by atoms with Gasteiger partial charge in [0, 0.05) is 12.0 Å². The minimum atomic E-state index is -0.285. The average molecular weight is 252 g/mol. The molecule has 0 aliphatic heterocycles. The molecule has 2 heteroatoms. The normalized spacial score (nSPS) is 11.1. The molecule has 2 aromatic carbocycles. The maximum absolute atomic E-state index is 11.8. The summed E-state index contributed by atoms with van der Waals surface area (Å²) in [5.41, 5.74) is 2.74. The lowest BCUT2D eigenvalue weighted by Crippen LogP contribution is -2.07. The van der Waals surface area contributed by atoms with Crippen molar-refractivity contribution >= 4 is 12.0 Å². The van der Waals surface area contributed by atoms with Crippen LogP contribution in [0.1, 0.15) is 11.1 Å². The minimum Gasteiger partial charge on any atom is -0.466 e. The Morgan fingerprint density at radius 3 is 2.16 bits per heavy atom. The fraction of sp³-hybridized carbons (Fsp3) is 0.118. The summed E-state index contributed by atoms with van der Waals surface area (Å²) in [4.78, 5) is 11.8. The fourth-order valence-corrected chi connectivity index (χ4v) is 1.88. The van der Waals surface area contributed by atoms with Crippen LogP contribution in [0.2, 0.25) is 0 Å². The van der Waals surface area contributed by atoms with E-state index in [0.29, 0.717) is 12.0 Å². The molecule has 0 bridgehead atoms. The molecular weight excluding hydrogens is 236 g/mol. The molecule has 0 aliphatic carbocycles. The van der Waals surface area contributed by atoms with Crippen molar-refractivity contribution in [2.24, 2.45) is 0 Å². The Morgan fingerprint density at radius 1 is 1.00 bits per heavy atom. The van der Waals surface area contributed by atoms with E-state index in [0.717, 1.165) is 11.1 Å². The first-order valence-corrected chi connectivity index (χ1v) is 6.17. The second-order valence-corrected chi connectivity index (χ2v) is 4.23. The second kappa shape index (κ2) is 6.55. The van der Waals surface area contributed by atoms with Gasteiger partial charge in [-0.15, -0.1) is 0 Å². The van der Waals surface area contributed by atoms with E-state index in [9.17, 15) is 4.79 Å². The van der Waals surface area contributed by atoms with Crippen LogP contribution >= 0.6 is 0 Å². The molecule has 0 saturated carbocycles. The van der Waals surface area contributed by atoms with Gasteiger partial charge in [-0.05, 0) is 17.2 Å². The van der Waals surface area contributed by atoms with Crippen LogP contribution in [-0.2, 0) is 16.0 Å². The quantitative estimate of drug-likeness (QED) is 0.615. The standard InChI is InChI=1S/C17H16O2/c1-19-17(18)16(12-14-8-4-2-5-9-14)13-15-10-6-3-7-11-15/h2-12H,13H2,1H3/b16-12-. The van der Waals surface area contributed by atoms with Crippen molar-refractivity contribution < 1.29 is 9.53 Å². The van der Waals surface area contributed by atoms with Gasteiger partial charge in [0.15, 0.2) is 0 Å². The van der Waals surface area contributed by atoms with E-state index in [1.807, 2.05) is 66.7 Å². The van der Waals surface area contributed by atoms with Gasteiger partial charge in [-0.2, -0.15) is 0 Å². The van der Waals surface area contributed by atoms with Crippen LogP contribution in [0.5, 0.6) is 0 Å². The Bertz CT molecular complexity index is 556. The molecule has 0 atom stereocenters. The lowest BCUT2D eigenvalue weighted by Gasteiger charge is -2.06. The average Bonchev–Trinajstić information content (AvgIpc) is 2.48. The lowest BCUT2D eigenvalue weighted by atomic mass is 10.0. The van der Waals surface area contributed by atoms with Crippen molar-refractivity contribution in [3.63, 3.8) is 0 Å². The van der Waals surface area contributed by atoms with E-state index in [1.54, 1.807) is 0 Å². The molecule has 0 spiro atoms. The molecule has 2 nitrogen and oxygen atoms in total. The largest absolute Gasteiger partial charge is 0.466 e. The number of carbonyl (C=O) groups is 1. The molecule has 0 fully saturated rings. The molecule has 0 aromatic heterocycles. The number of esters is 1. The van der Waals surface area contributed by atoms with Crippen LogP contribution in [0.25, 0.3) is 6.08 Å². The Morgan fingerprint density at radius 2 is 1.58 bits per heavy atom. The maximum Gasteiger partial charge on any atom is 0.334 e. The Balaban J connectivity index is 2.27. The zero-order valence-corrected chi connectivity index (χ0v) is 10.9. The van der Waals surface area contributed by atoms with Crippen LogP contribution in [0.3, 0.4) is 0 Å². The number of ether oxygens (including phenoxy) is 1. The summed E-state index contributed by atoms with van der Waals surface area (Å²) in [6.07, 6.45) is 2.45. The molecular formula is C17H16O2. The molecule has 0 unspecified atom stereocenters. The summed E-state index contributed by atoms with van der Waals surface area (Å²) in [6, 6.07) is 19.7. The third-order valence-corrected chi connectivity index (χ3v) is 2.83. The van der Waals surface area contributed by atoms with Crippen molar-refractivity contribution in [1.29, 1.82) is 0 Å². The zero-order chi connectivity index (χ0) is 13.5. The highest BCUT2D eigenvalue weighted by molar-refractivity contribution is 5.94. The van der Waals surface area contributed by atoms with Crippen molar-refractivity contribution in [2.75, 3.05) is 7.11 Å². The van der Waals surface area contributed by atoms with Crippen LogP contribution in [0.4, 0.5) is 0 Å². The van der Waals surface area contributed by atoms with Gasteiger partial charge in [-0.1, -0.05) is 60.7 Å². The van der Waals surface area contributed by atoms with Crippen molar-refractivity contribution in [1.82, 2.24) is 0 Å². The van der Waals surface area contributed by atoms with Crippen molar-refractivity contribution in [3.05, 3.63) is 77.4 Å². The van der Waals surface area contributed by atoms with Crippen LogP contribution in [-0.4, -0.2) is 13.1 Å². The van der Waals surface area contributed by atoms with Gasteiger partial charge in [-0.3, -0.25) is 0 Å². The molecule has 0 aliphatic rings. The highest BCUT2D eigenvalue weighted by atomic mass is 16.5. The predicted octanol–water partition coefficient (Wildman–Crippen LogP) is 3.49. The first-order chi connectivity index (χ1) is 9.29. The summed E-state index contributed by atoms with van der Waals surface area (Å²) < 4.78 is 4.85. The summed E-state index contributed by atoms with van der Waals surface area (Å²) >= 11 is 0. The van der Waals surface area contributed by atoms with Gasteiger partial charge in [0.25, 0.3) is 0 Å². The summed E-state index contributed by atoms with van der Waals surface area (Å²) in [6.45, 7) is 0. The summed E-state index contributed by atoms with van der Waals surface area (Å²) in [5, 5.41) is 0. The Labute approximate surface area is 113 Å². The Hall–Kier alpha value is -2.35. The van der Waals surface area contributed by atoms with Gasteiger partial charge < -0.3 is 4.74 Å². The number of rotatable bonds is 4. The molecule has 2 rings (SSSR count). The molecule has 0 N–H and O–H groups in total. The first-order valence-electron chi connectivity index (χ1n) is 6.17. The van der Waals surface area contributed by atoms with Gasteiger partial charge in [0.05, 0.1) is 7.11 Å². The number of hydrogen-bond donors (Lipinski definition) is 0. The molecule has 0 heterocycles. The molecule has 19 heavy (non-hydrogen) atoms. The predicted molar refractivity (Wildman–Crippen MR) is 76.6 cm³/mol. The second-order valence-electron chi connectivity index (χ2n) is 4.23. The molecule has 0 saturated heterocycles. The number of carbonyl (C=O) groups excluding carboxylic acids is 1. The molecule has 2 aromatic rings. The first kappa shape index (κ1) is 13.1. The van der Waals surface area contributed by atoms with Gasteiger partial charge in [0.2, 0.25) is 0 Å². The number of benzene rings is 2. The van der Waals surface area contributed by atoms with E-state index in [2.05, 4.69) is 0 Å². The highest BCUT2D eigenvalue weighted by Crippen LogP contribution is 2.14.